The van der Waals surface area contributed by atoms with Crippen molar-refractivity contribution in [3.05, 3.63) is 46.1 Å². The molecule has 0 atom stereocenters. The summed E-state index contributed by atoms with van der Waals surface area (Å²) in [6.45, 7) is 4.70. The van der Waals surface area contributed by atoms with Crippen LogP contribution in [0.1, 0.15) is 25.8 Å². The summed E-state index contributed by atoms with van der Waals surface area (Å²) in [6, 6.07) is 7.71. The summed E-state index contributed by atoms with van der Waals surface area (Å²) in [4.78, 5) is 18.9. The Bertz CT molecular complexity index is 626. The van der Waals surface area contributed by atoms with Crippen LogP contribution >= 0.6 is 0 Å². The summed E-state index contributed by atoms with van der Waals surface area (Å²) in [5, 5.41) is 14.1. The quantitative estimate of drug-likeness (QED) is 0.650. The molecule has 1 heterocycles. The van der Waals surface area contributed by atoms with Crippen LogP contribution in [0.5, 0.6) is 0 Å². The largest absolute Gasteiger partial charge is 0.354 e. The van der Waals surface area contributed by atoms with Crippen LogP contribution in [0.3, 0.4) is 0 Å². The zero-order valence-corrected chi connectivity index (χ0v) is 12.2. The van der Waals surface area contributed by atoms with Gasteiger partial charge in [-0.3, -0.25) is 10.1 Å². The summed E-state index contributed by atoms with van der Waals surface area (Å²) in [7, 11) is 0. The summed E-state index contributed by atoms with van der Waals surface area (Å²) in [6.07, 6.45) is 3.31. The molecule has 110 valence electrons. The van der Waals surface area contributed by atoms with Gasteiger partial charge in [0.1, 0.15) is 6.20 Å². The molecule has 0 spiro atoms. The predicted octanol–water partition coefficient (Wildman–Crippen LogP) is 3.44. The number of nitrogens with zero attached hydrogens (tertiary/aromatic N) is 3. The van der Waals surface area contributed by atoms with E-state index in [1.54, 1.807) is 0 Å². The van der Waals surface area contributed by atoms with Crippen LogP contribution in [0.2, 0.25) is 0 Å². The molecule has 1 aromatic heterocycles. The van der Waals surface area contributed by atoms with Gasteiger partial charge in [0, 0.05) is 12.1 Å². The first-order valence-electron chi connectivity index (χ1n) is 7.00. The lowest BCUT2D eigenvalue weighted by atomic mass is 10.1. The highest BCUT2D eigenvalue weighted by Gasteiger charge is 2.18. The molecule has 0 fully saturated rings. The maximum Gasteiger partial charge on any atom is 0.313 e. The molecule has 0 saturated carbocycles. The minimum absolute atomic E-state index is 0.0834. The molecule has 6 heteroatoms. The molecule has 0 radical (unpaired) electrons. The van der Waals surface area contributed by atoms with Gasteiger partial charge in [0.2, 0.25) is 5.95 Å². The number of aryl methyl sites for hydroxylation is 1. The Balaban J connectivity index is 2.43. The van der Waals surface area contributed by atoms with Crippen molar-refractivity contribution in [2.75, 3.05) is 11.9 Å². The van der Waals surface area contributed by atoms with E-state index in [2.05, 4.69) is 22.2 Å². The third-order valence-corrected chi connectivity index (χ3v) is 3.07. The maximum absolute atomic E-state index is 11.1. The highest BCUT2D eigenvalue weighted by molar-refractivity contribution is 5.70. The zero-order chi connectivity index (χ0) is 15.2. The van der Waals surface area contributed by atoms with E-state index in [9.17, 15) is 10.1 Å². The molecular formula is C15H18N4O2. The summed E-state index contributed by atoms with van der Waals surface area (Å²) in [5.41, 5.74) is 2.20. The highest BCUT2D eigenvalue weighted by atomic mass is 16.6. The molecule has 0 unspecified atom stereocenters. The van der Waals surface area contributed by atoms with Crippen molar-refractivity contribution in [2.24, 2.45) is 0 Å². The van der Waals surface area contributed by atoms with Gasteiger partial charge in [-0.25, -0.2) is 9.97 Å². The summed E-state index contributed by atoms with van der Waals surface area (Å²) < 4.78 is 0. The second kappa shape index (κ2) is 6.78. The van der Waals surface area contributed by atoms with Gasteiger partial charge in [0.25, 0.3) is 0 Å². The highest BCUT2D eigenvalue weighted by Crippen LogP contribution is 2.28. The molecule has 0 amide bonds. The fraction of sp³-hybridized carbons (Fsp3) is 0.333. The monoisotopic (exact) mass is 286 g/mol. The standard InChI is InChI=1S/C15H18N4O2/c1-3-5-11-6-8-12(9-7-11)14-13(19(20)21)10-17-15(18-14)16-4-2/h6-10H,3-5H2,1-2H3,(H,16,17,18). The van der Waals surface area contributed by atoms with E-state index in [0.29, 0.717) is 18.2 Å². The number of benzene rings is 1. The topological polar surface area (TPSA) is 81.0 Å². The smallest absolute Gasteiger partial charge is 0.313 e. The molecule has 2 rings (SSSR count). The number of rotatable bonds is 6. The van der Waals surface area contributed by atoms with E-state index in [1.165, 1.54) is 11.8 Å². The maximum atomic E-state index is 11.1. The molecule has 0 aliphatic carbocycles. The second-order valence-electron chi connectivity index (χ2n) is 4.66. The van der Waals surface area contributed by atoms with E-state index in [4.69, 9.17) is 0 Å². The molecule has 0 saturated heterocycles. The molecule has 6 nitrogen and oxygen atoms in total. The number of anilines is 1. The molecule has 21 heavy (non-hydrogen) atoms. The van der Waals surface area contributed by atoms with Crippen LogP contribution in [0.25, 0.3) is 11.3 Å². The van der Waals surface area contributed by atoms with Crippen molar-refractivity contribution in [1.82, 2.24) is 9.97 Å². The molecular weight excluding hydrogens is 268 g/mol. The van der Waals surface area contributed by atoms with Gasteiger partial charge < -0.3 is 5.32 Å². The fourth-order valence-corrected chi connectivity index (χ4v) is 2.08. The Morgan fingerprint density at radius 1 is 1.24 bits per heavy atom. The summed E-state index contributed by atoms with van der Waals surface area (Å²) >= 11 is 0. The first kappa shape index (κ1) is 14.9. The first-order valence-corrected chi connectivity index (χ1v) is 7.00. The van der Waals surface area contributed by atoms with Gasteiger partial charge in [0.05, 0.1) is 4.92 Å². The Morgan fingerprint density at radius 2 is 1.95 bits per heavy atom. The van der Waals surface area contributed by atoms with E-state index < -0.39 is 4.92 Å². The Morgan fingerprint density at radius 3 is 2.52 bits per heavy atom. The van der Waals surface area contributed by atoms with Crippen LogP contribution in [0.4, 0.5) is 11.6 Å². The van der Waals surface area contributed by atoms with Gasteiger partial charge in [-0.05, 0) is 18.9 Å². The Hall–Kier alpha value is -2.50. The van der Waals surface area contributed by atoms with Gasteiger partial charge in [-0.15, -0.1) is 0 Å². The Kier molecular flexibility index (Phi) is 4.81. The molecule has 1 aromatic carbocycles. The number of nitrogens with one attached hydrogen (secondary N) is 1. The third kappa shape index (κ3) is 3.53. The van der Waals surface area contributed by atoms with E-state index >= 15 is 0 Å². The van der Waals surface area contributed by atoms with Crippen molar-refractivity contribution < 1.29 is 4.92 Å². The van der Waals surface area contributed by atoms with Gasteiger partial charge in [0.15, 0.2) is 5.69 Å². The van der Waals surface area contributed by atoms with Crippen molar-refractivity contribution in [1.29, 1.82) is 0 Å². The number of hydrogen-bond donors (Lipinski definition) is 1. The van der Waals surface area contributed by atoms with Crippen LogP contribution in [-0.4, -0.2) is 21.4 Å². The molecule has 2 aromatic rings. The van der Waals surface area contributed by atoms with Crippen molar-refractivity contribution in [3.63, 3.8) is 0 Å². The average molecular weight is 286 g/mol. The second-order valence-corrected chi connectivity index (χ2v) is 4.66. The first-order chi connectivity index (χ1) is 10.2. The van der Waals surface area contributed by atoms with Crippen LogP contribution in [-0.2, 0) is 6.42 Å². The van der Waals surface area contributed by atoms with Crippen molar-refractivity contribution in [2.45, 2.75) is 26.7 Å². The van der Waals surface area contributed by atoms with E-state index in [-0.39, 0.29) is 5.69 Å². The minimum atomic E-state index is -0.453. The predicted molar refractivity (Wildman–Crippen MR) is 82.3 cm³/mol. The van der Waals surface area contributed by atoms with Gasteiger partial charge in [-0.2, -0.15) is 0 Å². The number of nitro groups is 1. The van der Waals surface area contributed by atoms with Crippen LogP contribution in [0.15, 0.2) is 30.5 Å². The van der Waals surface area contributed by atoms with Crippen LogP contribution < -0.4 is 5.32 Å². The van der Waals surface area contributed by atoms with Gasteiger partial charge in [-0.1, -0.05) is 37.6 Å². The van der Waals surface area contributed by atoms with E-state index in [0.717, 1.165) is 18.4 Å². The Labute approximate surface area is 123 Å². The molecule has 0 aliphatic rings. The fourth-order valence-electron chi connectivity index (χ4n) is 2.08. The zero-order valence-electron chi connectivity index (χ0n) is 12.2. The lowest BCUT2D eigenvalue weighted by Crippen LogP contribution is -2.05. The molecule has 0 bridgehead atoms. The van der Waals surface area contributed by atoms with Gasteiger partial charge >= 0.3 is 5.69 Å². The number of aromatic nitrogens is 2. The normalized spacial score (nSPS) is 10.4. The van der Waals surface area contributed by atoms with Crippen molar-refractivity contribution >= 4 is 11.6 Å². The van der Waals surface area contributed by atoms with E-state index in [1.807, 2.05) is 31.2 Å². The molecule has 0 aliphatic heterocycles. The average Bonchev–Trinajstić information content (AvgIpc) is 2.48. The summed E-state index contributed by atoms with van der Waals surface area (Å²) in [5.74, 6) is 0.399. The number of hydrogen-bond acceptors (Lipinski definition) is 5. The molecule has 1 N–H and O–H groups in total. The van der Waals surface area contributed by atoms with Crippen molar-refractivity contribution in [3.8, 4) is 11.3 Å². The SMILES string of the molecule is CCCc1ccc(-c2nc(NCC)ncc2[N+](=O)[O-])cc1. The van der Waals surface area contributed by atoms with Crippen LogP contribution in [0, 0.1) is 10.1 Å². The minimum Gasteiger partial charge on any atom is -0.354 e. The lowest BCUT2D eigenvalue weighted by Gasteiger charge is -2.06. The third-order valence-electron chi connectivity index (χ3n) is 3.07. The lowest BCUT2D eigenvalue weighted by molar-refractivity contribution is -0.384.